The van der Waals surface area contributed by atoms with Crippen LogP contribution in [-0.2, 0) is 4.79 Å². The van der Waals surface area contributed by atoms with Crippen molar-refractivity contribution in [3.05, 3.63) is 18.5 Å². The minimum atomic E-state index is -0.499. The van der Waals surface area contributed by atoms with Crippen molar-refractivity contribution in [3.8, 4) is 12.0 Å². The van der Waals surface area contributed by atoms with Gasteiger partial charge in [0.2, 0.25) is 11.9 Å². The largest absolute Gasteiger partial charge is 0.460 e. The molecule has 0 bridgehead atoms. The molecule has 0 saturated heterocycles. The molecule has 0 radical (unpaired) electrons. The maximum Gasteiger partial charge on any atom is 0.323 e. The van der Waals surface area contributed by atoms with Crippen molar-refractivity contribution in [3.63, 3.8) is 0 Å². The van der Waals surface area contributed by atoms with Gasteiger partial charge < -0.3 is 15.8 Å². The van der Waals surface area contributed by atoms with Crippen LogP contribution in [0, 0.1) is 0 Å². The summed E-state index contributed by atoms with van der Waals surface area (Å²) < 4.78 is 7.39. The van der Waals surface area contributed by atoms with E-state index in [9.17, 15) is 4.79 Å². The summed E-state index contributed by atoms with van der Waals surface area (Å²) in [6.07, 6.45) is 8.98. The molecule has 0 atom stereocenters. The van der Waals surface area contributed by atoms with Crippen LogP contribution in [0.3, 0.4) is 0 Å². The van der Waals surface area contributed by atoms with Crippen LogP contribution in [0.25, 0.3) is 5.95 Å². The van der Waals surface area contributed by atoms with Crippen molar-refractivity contribution in [2.24, 2.45) is 5.73 Å². The molecule has 9 heteroatoms. The molecule has 0 aliphatic heterocycles. The molecule has 9 nitrogen and oxygen atoms in total. The minimum Gasteiger partial charge on any atom is -0.460 e. The molecule has 2 heterocycles. The summed E-state index contributed by atoms with van der Waals surface area (Å²) in [4.78, 5) is 23.6. The number of rotatable bonds is 6. The lowest BCUT2D eigenvalue weighted by Gasteiger charge is -2.21. The van der Waals surface area contributed by atoms with Gasteiger partial charge in [0.25, 0.3) is 5.95 Å². The smallest absolute Gasteiger partial charge is 0.323 e. The van der Waals surface area contributed by atoms with Crippen LogP contribution in [-0.4, -0.2) is 43.3 Å². The Kier molecular flexibility index (Phi) is 4.65. The molecule has 2 aromatic rings. The van der Waals surface area contributed by atoms with Gasteiger partial charge in [0.15, 0.2) is 0 Å². The first-order valence-electron chi connectivity index (χ1n) is 7.65. The Bertz CT molecular complexity index is 653. The molecule has 122 valence electrons. The highest BCUT2D eigenvalue weighted by Crippen LogP contribution is 2.22. The second-order valence-electron chi connectivity index (χ2n) is 5.39. The SMILES string of the molecule is NC(=O)CNc1nc(OC2CCCCC2)nc(-n2cccn2)n1. The van der Waals surface area contributed by atoms with Crippen molar-refractivity contribution in [1.29, 1.82) is 0 Å². The second kappa shape index (κ2) is 7.03. The Morgan fingerprint density at radius 2 is 2.13 bits per heavy atom. The zero-order valence-electron chi connectivity index (χ0n) is 12.7. The van der Waals surface area contributed by atoms with E-state index in [0.29, 0.717) is 5.95 Å². The Balaban J connectivity index is 1.82. The highest BCUT2D eigenvalue weighted by atomic mass is 16.5. The lowest BCUT2D eigenvalue weighted by molar-refractivity contribution is -0.116. The topological polar surface area (TPSA) is 121 Å². The maximum absolute atomic E-state index is 10.9. The van der Waals surface area contributed by atoms with Crippen molar-refractivity contribution in [2.75, 3.05) is 11.9 Å². The molecule has 3 N–H and O–H groups in total. The van der Waals surface area contributed by atoms with Gasteiger partial charge in [-0.3, -0.25) is 4.79 Å². The van der Waals surface area contributed by atoms with Gasteiger partial charge in [0, 0.05) is 12.4 Å². The summed E-state index contributed by atoms with van der Waals surface area (Å²) in [6.45, 7) is -0.0641. The molecular weight excluding hydrogens is 298 g/mol. The Hall–Kier alpha value is -2.71. The summed E-state index contributed by atoms with van der Waals surface area (Å²) >= 11 is 0. The van der Waals surface area contributed by atoms with Crippen LogP contribution < -0.4 is 15.8 Å². The predicted octanol–water partition coefficient (Wildman–Crippen LogP) is 0.666. The number of nitrogens with zero attached hydrogens (tertiary/aromatic N) is 5. The number of carbonyl (C=O) groups excluding carboxylic acids is 1. The van der Waals surface area contributed by atoms with Crippen molar-refractivity contribution < 1.29 is 9.53 Å². The van der Waals surface area contributed by atoms with E-state index >= 15 is 0 Å². The van der Waals surface area contributed by atoms with Crippen LogP contribution in [0.5, 0.6) is 6.01 Å². The summed E-state index contributed by atoms with van der Waals surface area (Å²) in [6, 6.07) is 1.99. The first-order chi connectivity index (χ1) is 11.2. The average Bonchev–Trinajstić information content (AvgIpc) is 3.08. The van der Waals surface area contributed by atoms with Crippen molar-refractivity contribution >= 4 is 11.9 Å². The van der Waals surface area contributed by atoms with Gasteiger partial charge in [-0.25, -0.2) is 4.68 Å². The zero-order chi connectivity index (χ0) is 16.1. The Morgan fingerprint density at radius 1 is 1.30 bits per heavy atom. The van der Waals surface area contributed by atoms with E-state index in [0.717, 1.165) is 25.7 Å². The number of hydrogen-bond acceptors (Lipinski definition) is 7. The molecule has 1 saturated carbocycles. The molecule has 3 rings (SSSR count). The molecule has 0 unspecified atom stereocenters. The average molecular weight is 317 g/mol. The zero-order valence-corrected chi connectivity index (χ0v) is 12.7. The van der Waals surface area contributed by atoms with Gasteiger partial charge in [0.1, 0.15) is 6.10 Å². The van der Waals surface area contributed by atoms with Crippen LogP contribution in [0.2, 0.25) is 0 Å². The second-order valence-corrected chi connectivity index (χ2v) is 5.39. The minimum absolute atomic E-state index is 0.0641. The fourth-order valence-electron chi connectivity index (χ4n) is 2.47. The number of amides is 1. The van der Waals surface area contributed by atoms with E-state index in [4.69, 9.17) is 10.5 Å². The molecular formula is C14H19N7O2. The molecule has 1 aliphatic carbocycles. The number of nitrogens with one attached hydrogen (secondary N) is 1. The van der Waals surface area contributed by atoms with Gasteiger partial charge in [-0.15, -0.1) is 0 Å². The van der Waals surface area contributed by atoms with E-state index < -0.39 is 5.91 Å². The third kappa shape index (κ3) is 4.15. The van der Waals surface area contributed by atoms with Gasteiger partial charge in [-0.1, -0.05) is 6.42 Å². The lowest BCUT2D eigenvalue weighted by Crippen LogP contribution is -2.24. The van der Waals surface area contributed by atoms with Gasteiger partial charge in [0.05, 0.1) is 6.54 Å². The molecule has 2 aromatic heterocycles. The third-order valence-electron chi connectivity index (χ3n) is 3.56. The van der Waals surface area contributed by atoms with E-state index in [-0.39, 0.29) is 24.6 Å². The summed E-state index contributed by atoms with van der Waals surface area (Å²) in [7, 11) is 0. The first-order valence-corrected chi connectivity index (χ1v) is 7.65. The number of ether oxygens (including phenoxy) is 1. The van der Waals surface area contributed by atoms with Crippen LogP contribution in [0.1, 0.15) is 32.1 Å². The Labute approximate surface area is 133 Å². The van der Waals surface area contributed by atoms with Crippen molar-refractivity contribution in [1.82, 2.24) is 24.7 Å². The summed E-state index contributed by atoms with van der Waals surface area (Å²) in [5.74, 6) is 0.0543. The molecule has 0 aromatic carbocycles. The summed E-state index contributed by atoms with van der Waals surface area (Å²) in [5, 5.41) is 6.87. The molecule has 1 amide bonds. The highest BCUT2D eigenvalue weighted by molar-refractivity contribution is 5.78. The fraction of sp³-hybridized carbons (Fsp3) is 0.500. The monoisotopic (exact) mass is 317 g/mol. The van der Waals surface area contributed by atoms with E-state index in [2.05, 4.69) is 25.4 Å². The van der Waals surface area contributed by atoms with Gasteiger partial charge in [-0.05, 0) is 31.7 Å². The number of carbonyl (C=O) groups is 1. The number of aromatic nitrogens is 5. The molecule has 23 heavy (non-hydrogen) atoms. The van der Waals surface area contributed by atoms with Crippen molar-refractivity contribution in [2.45, 2.75) is 38.2 Å². The highest BCUT2D eigenvalue weighted by Gasteiger charge is 2.18. The lowest BCUT2D eigenvalue weighted by atomic mass is 9.98. The normalized spacial score (nSPS) is 15.3. The fourth-order valence-corrected chi connectivity index (χ4v) is 2.47. The van der Waals surface area contributed by atoms with Gasteiger partial charge in [-0.2, -0.15) is 20.1 Å². The number of primary amides is 1. The van der Waals surface area contributed by atoms with Crippen LogP contribution in [0.4, 0.5) is 5.95 Å². The van der Waals surface area contributed by atoms with E-state index in [1.54, 1.807) is 18.5 Å². The standard InChI is InChI=1S/C14H19N7O2/c15-11(22)9-16-12-18-13(21-8-4-7-17-21)20-14(19-12)23-10-5-2-1-3-6-10/h4,7-8,10H,1-3,5-6,9H2,(H2,15,22)(H,16,18,19,20). The predicted molar refractivity (Wildman–Crippen MR) is 82.1 cm³/mol. The number of anilines is 1. The van der Waals surface area contributed by atoms with E-state index in [1.807, 2.05) is 0 Å². The Morgan fingerprint density at radius 3 is 2.83 bits per heavy atom. The molecule has 0 spiro atoms. The quantitative estimate of drug-likeness (QED) is 0.803. The molecule has 1 fully saturated rings. The maximum atomic E-state index is 10.9. The summed E-state index contributed by atoms with van der Waals surface area (Å²) in [5.41, 5.74) is 5.14. The molecule has 1 aliphatic rings. The van der Waals surface area contributed by atoms with E-state index in [1.165, 1.54) is 11.1 Å². The third-order valence-corrected chi connectivity index (χ3v) is 3.56. The first kappa shape index (κ1) is 15.2. The van der Waals surface area contributed by atoms with Crippen LogP contribution >= 0.6 is 0 Å². The number of hydrogen-bond donors (Lipinski definition) is 2. The number of nitrogens with two attached hydrogens (primary N) is 1. The van der Waals surface area contributed by atoms with Gasteiger partial charge >= 0.3 is 6.01 Å². The van der Waals surface area contributed by atoms with Crippen LogP contribution in [0.15, 0.2) is 18.5 Å².